The van der Waals surface area contributed by atoms with Gasteiger partial charge in [-0.15, -0.1) is 10.2 Å². The Kier molecular flexibility index (Phi) is 4.94. The summed E-state index contributed by atoms with van der Waals surface area (Å²) < 4.78 is 11.6. The van der Waals surface area contributed by atoms with Gasteiger partial charge in [0.25, 0.3) is 0 Å². The molecule has 0 aliphatic carbocycles. The predicted molar refractivity (Wildman–Crippen MR) is 78.7 cm³/mol. The molecular formula is C12H12IN4O4-. The number of carbonyl (C=O) groups excluding carboxylic acids is 1. The number of carbonyl (C=O) groups is 1. The summed E-state index contributed by atoms with van der Waals surface area (Å²) in [4.78, 5) is 11.5. The molecule has 0 fully saturated rings. The first-order valence-corrected chi connectivity index (χ1v) is 7.11. The van der Waals surface area contributed by atoms with Gasteiger partial charge in [0.1, 0.15) is 6.54 Å². The van der Waals surface area contributed by atoms with Crippen LogP contribution in [0.3, 0.4) is 0 Å². The van der Waals surface area contributed by atoms with Gasteiger partial charge in [-0.25, -0.2) is 0 Å². The van der Waals surface area contributed by atoms with Gasteiger partial charge >= 0.3 is 0 Å². The standard InChI is InChI=1S/C12H13IN4O4/c1-3-21-9-5-7(4-8(13)11(9)20-2)12-14-16-17(15-12)6-10(18)19/h4-5H,3,6H2,1-2H3,(H,18,19)/p-1. The summed E-state index contributed by atoms with van der Waals surface area (Å²) in [5, 5.41) is 22.0. The minimum Gasteiger partial charge on any atom is -0.548 e. The number of carboxylic acids is 1. The van der Waals surface area contributed by atoms with E-state index in [9.17, 15) is 9.90 Å². The Hall–Kier alpha value is -1.91. The normalized spacial score (nSPS) is 10.4. The second kappa shape index (κ2) is 6.70. The second-order valence-corrected chi connectivity index (χ2v) is 5.10. The summed E-state index contributed by atoms with van der Waals surface area (Å²) in [6.07, 6.45) is 0. The lowest BCUT2D eigenvalue weighted by atomic mass is 10.2. The van der Waals surface area contributed by atoms with E-state index in [2.05, 4.69) is 38.0 Å². The van der Waals surface area contributed by atoms with Crippen molar-refractivity contribution in [3.8, 4) is 22.9 Å². The topological polar surface area (TPSA) is 102 Å². The third-order valence-electron chi connectivity index (χ3n) is 2.50. The zero-order chi connectivity index (χ0) is 15.4. The molecule has 0 saturated carbocycles. The van der Waals surface area contributed by atoms with Crippen molar-refractivity contribution in [2.24, 2.45) is 0 Å². The molecule has 112 valence electrons. The quantitative estimate of drug-likeness (QED) is 0.631. The number of ether oxygens (including phenoxy) is 2. The molecule has 0 atom stereocenters. The number of carboxylic acid groups (broad SMARTS) is 1. The van der Waals surface area contributed by atoms with Crippen molar-refractivity contribution < 1.29 is 19.4 Å². The van der Waals surface area contributed by atoms with E-state index in [-0.39, 0.29) is 0 Å². The monoisotopic (exact) mass is 403 g/mol. The van der Waals surface area contributed by atoms with Gasteiger partial charge in [0.15, 0.2) is 11.5 Å². The first-order valence-electron chi connectivity index (χ1n) is 6.03. The van der Waals surface area contributed by atoms with Crippen molar-refractivity contribution in [1.29, 1.82) is 0 Å². The number of halogens is 1. The van der Waals surface area contributed by atoms with Crippen LogP contribution in [0.2, 0.25) is 0 Å². The van der Waals surface area contributed by atoms with Gasteiger partial charge in [-0.1, -0.05) is 0 Å². The first kappa shape index (κ1) is 15.5. The highest BCUT2D eigenvalue weighted by Gasteiger charge is 2.15. The SMILES string of the molecule is CCOc1cc(-c2nnn(CC(=O)[O-])n2)cc(I)c1OC. The van der Waals surface area contributed by atoms with Crippen LogP contribution in [0.15, 0.2) is 12.1 Å². The summed E-state index contributed by atoms with van der Waals surface area (Å²) in [5.41, 5.74) is 0.660. The lowest BCUT2D eigenvalue weighted by molar-refractivity contribution is -0.307. The molecule has 0 radical (unpaired) electrons. The van der Waals surface area contributed by atoms with Crippen LogP contribution in [0.5, 0.6) is 11.5 Å². The highest BCUT2D eigenvalue weighted by molar-refractivity contribution is 14.1. The van der Waals surface area contributed by atoms with Crippen LogP contribution in [0.25, 0.3) is 11.4 Å². The Balaban J connectivity index is 2.39. The molecule has 2 aromatic rings. The van der Waals surface area contributed by atoms with Gasteiger partial charge in [0, 0.05) is 5.56 Å². The Morgan fingerprint density at radius 1 is 1.48 bits per heavy atom. The minimum absolute atomic E-state index is 0.303. The molecule has 9 heteroatoms. The van der Waals surface area contributed by atoms with E-state index in [1.807, 2.05) is 13.0 Å². The Bertz CT molecular complexity index is 659. The number of methoxy groups -OCH3 is 1. The Morgan fingerprint density at radius 3 is 2.86 bits per heavy atom. The second-order valence-electron chi connectivity index (χ2n) is 3.94. The highest BCUT2D eigenvalue weighted by atomic mass is 127. The van der Waals surface area contributed by atoms with E-state index in [1.165, 1.54) is 0 Å². The fraction of sp³-hybridized carbons (Fsp3) is 0.333. The van der Waals surface area contributed by atoms with E-state index in [0.29, 0.717) is 29.5 Å². The zero-order valence-electron chi connectivity index (χ0n) is 11.4. The Morgan fingerprint density at radius 2 is 2.24 bits per heavy atom. The molecule has 0 aliphatic rings. The van der Waals surface area contributed by atoms with Crippen LogP contribution in [-0.2, 0) is 11.3 Å². The van der Waals surface area contributed by atoms with E-state index < -0.39 is 12.5 Å². The summed E-state index contributed by atoms with van der Waals surface area (Å²) >= 11 is 2.11. The molecule has 1 aromatic heterocycles. The summed E-state index contributed by atoms with van der Waals surface area (Å²) in [6, 6.07) is 3.53. The van der Waals surface area contributed by atoms with Gasteiger partial charge in [0.05, 0.1) is 23.3 Å². The molecule has 1 heterocycles. The smallest absolute Gasteiger partial charge is 0.205 e. The first-order chi connectivity index (χ1) is 10.0. The zero-order valence-corrected chi connectivity index (χ0v) is 13.5. The number of hydrogen-bond donors (Lipinski definition) is 0. The molecular weight excluding hydrogens is 391 g/mol. The van der Waals surface area contributed by atoms with Crippen LogP contribution in [0.4, 0.5) is 0 Å². The van der Waals surface area contributed by atoms with Gasteiger partial charge in [0.2, 0.25) is 5.82 Å². The molecule has 21 heavy (non-hydrogen) atoms. The fourth-order valence-electron chi connectivity index (χ4n) is 1.70. The van der Waals surface area contributed by atoms with Gasteiger partial charge in [-0.05, 0) is 46.9 Å². The number of rotatable bonds is 6. The van der Waals surface area contributed by atoms with Gasteiger partial charge in [-0.3, -0.25) is 0 Å². The molecule has 0 saturated heterocycles. The van der Waals surface area contributed by atoms with Crippen LogP contribution >= 0.6 is 22.6 Å². The van der Waals surface area contributed by atoms with Crippen LogP contribution in [0, 0.1) is 3.57 Å². The van der Waals surface area contributed by atoms with Gasteiger partial charge in [-0.2, -0.15) is 4.80 Å². The minimum atomic E-state index is -1.28. The van der Waals surface area contributed by atoms with E-state index in [4.69, 9.17) is 9.47 Å². The van der Waals surface area contributed by atoms with E-state index in [1.54, 1.807) is 13.2 Å². The Labute approximate surface area is 134 Å². The maximum absolute atomic E-state index is 10.5. The van der Waals surface area contributed by atoms with Crippen molar-refractivity contribution in [2.75, 3.05) is 13.7 Å². The molecule has 0 aliphatic heterocycles. The lowest BCUT2D eigenvalue weighted by Crippen LogP contribution is -2.28. The molecule has 8 nitrogen and oxygen atoms in total. The summed E-state index contributed by atoms with van der Waals surface area (Å²) in [6.45, 7) is 1.91. The molecule has 1 aromatic carbocycles. The van der Waals surface area contributed by atoms with E-state index in [0.717, 1.165) is 8.37 Å². The number of tetrazole rings is 1. The molecule has 0 unspecified atom stereocenters. The molecule has 2 rings (SSSR count). The van der Waals surface area contributed by atoms with E-state index >= 15 is 0 Å². The van der Waals surface area contributed by atoms with Gasteiger partial charge < -0.3 is 19.4 Å². The van der Waals surface area contributed by atoms with Crippen LogP contribution in [-0.4, -0.2) is 39.9 Å². The maximum Gasteiger partial charge on any atom is 0.205 e. The molecule has 0 N–H and O–H groups in total. The van der Waals surface area contributed by atoms with Crippen molar-refractivity contribution in [3.63, 3.8) is 0 Å². The summed E-state index contributed by atoms with van der Waals surface area (Å²) in [7, 11) is 1.56. The molecule has 0 bridgehead atoms. The van der Waals surface area contributed by atoms with Crippen molar-refractivity contribution in [2.45, 2.75) is 13.5 Å². The predicted octanol–water partition coefficient (Wildman–Crippen LogP) is 0.102. The lowest BCUT2D eigenvalue weighted by Gasteiger charge is -2.12. The van der Waals surface area contributed by atoms with Crippen molar-refractivity contribution in [1.82, 2.24) is 20.2 Å². The number of aliphatic carboxylic acids is 1. The largest absolute Gasteiger partial charge is 0.548 e. The highest BCUT2D eigenvalue weighted by Crippen LogP contribution is 2.36. The fourth-order valence-corrected chi connectivity index (χ4v) is 2.52. The maximum atomic E-state index is 10.5. The average Bonchev–Trinajstić information content (AvgIpc) is 2.86. The third kappa shape index (κ3) is 3.60. The van der Waals surface area contributed by atoms with Crippen LogP contribution in [0.1, 0.15) is 6.92 Å². The summed E-state index contributed by atoms with van der Waals surface area (Å²) in [5.74, 6) is 0.220. The van der Waals surface area contributed by atoms with Crippen molar-refractivity contribution in [3.05, 3.63) is 15.7 Å². The molecule has 0 amide bonds. The number of nitrogens with zero attached hydrogens (tertiary/aromatic N) is 4. The van der Waals surface area contributed by atoms with Crippen molar-refractivity contribution >= 4 is 28.6 Å². The average molecular weight is 403 g/mol. The molecule has 0 spiro atoms. The number of benzene rings is 1. The van der Waals surface area contributed by atoms with Crippen LogP contribution < -0.4 is 14.6 Å². The third-order valence-corrected chi connectivity index (χ3v) is 3.30. The number of aromatic nitrogens is 4. The number of hydrogen-bond acceptors (Lipinski definition) is 7.